The Morgan fingerprint density at radius 2 is 1.37 bits per heavy atom. The van der Waals surface area contributed by atoms with E-state index in [9.17, 15) is 9.59 Å². The Balaban J connectivity index is 0. The molecule has 114 valence electrons. The van der Waals surface area contributed by atoms with Gasteiger partial charge in [0.1, 0.15) is 0 Å². The first-order chi connectivity index (χ1) is 8.97. The number of nitrogens with zero attached hydrogens (tertiary/aromatic N) is 1. The molecule has 19 heavy (non-hydrogen) atoms. The molecule has 0 aromatic rings. The molecule has 0 fully saturated rings. The molecule has 0 atom stereocenters. The van der Waals surface area contributed by atoms with E-state index >= 15 is 0 Å². The van der Waals surface area contributed by atoms with Crippen molar-refractivity contribution in [2.75, 3.05) is 26.2 Å². The molecule has 0 aliphatic carbocycles. The molecular formula is C13H28N2O4. The Morgan fingerprint density at radius 3 is 1.63 bits per heavy atom. The Labute approximate surface area is 115 Å². The van der Waals surface area contributed by atoms with Crippen molar-refractivity contribution in [3.8, 4) is 0 Å². The lowest BCUT2D eigenvalue weighted by molar-refractivity contribution is -0.139. The third-order valence-electron chi connectivity index (χ3n) is 2.60. The predicted octanol–water partition coefficient (Wildman–Crippen LogP) is 1.39. The summed E-state index contributed by atoms with van der Waals surface area (Å²) >= 11 is 0. The molecule has 0 unspecified atom stereocenters. The van der Waals surface area contributed by atoms with Crippen LogP contribution < -0.4 is 5.73 Å². The minimum atomic E-state index is -0.870. The minimum Gasteiger partial charge on any atom is -0.481 e. The second-order valence-corrected chi connectivity index (χ2v) is 4.16. The molecule has 0 aliphatic heterocycles. The molecule has 0 rings (SSSR count). The van der Waals surface area contributed by atoms with Crippen LogP contribution in [0.1, 0.15) is 46.0 Å². The van der Waals surface area contributed by atoms with Gasteiger partial charge in [0.15, 0.2) is 0 Å². The van der Waals surface area contributed by atoms with Gasteiger partial charge in [-0.3, -0.25) is 9.59 Å². The van der Waals surface area contributed by atoms with Gasteiger partial charge in [-0.15, -0.1) is 0 Å². The van der Waals surface area contributed by atoms with Gasteiger partial charge in [0.05, 0.1) is 0 Å². The molecule has 0 bridgehead atoms. The summed E-state index contributed by atoms with van der Waals surface area (Å²) in [5, 5.41) is 16.3. The lowest BCUT2D eigenvalue weighted by Gasteiger charge is -2.16. The molecule has 0 saturated carbocycles. The zero-order valence-corrected chi connectivity index (χ0v) is 12.1. The maximum absolute atomic E-state index is 9.90. The molecule has 0 aliphatic rings. The molecule has 0 saturated heterocycles. The van der Waals surface area contributed by atoms with E-state index < -0.39 is 11.9 Å². The third kappa shape index (κ3) is 19.4. The second kappa shape index (κ2) is 14.9. The lowest BCUT2D eigenvalue weighted by Crippen LogP contribution is -2.25. The summed E-state index contributed by atoms with van der Waals surface area (Å²) < 4.78 is 0. The van der Waals surface area contributed by atoms with E-state index in [2.05, 4.69) is 18.7 Å². The van der Waals surface area contributed by atoms with Gasteiger partial charge < -0.3 is 20.8 Å². The number of rotatable bonds is 10. The van der Waals surface area contributed by atoms with E-state index in [0.29, 0.717) is 12.8 Å². The largest absolute Gasteiger partial charge is 0.481 e. The van der Waals surface area contributed by atoms with Crippen LogP contribution in [0.25, 0.3) is 0 Å². The molecule has 6 nitrogen and oxygen atoms in total. The number of nitrogens with two attached hydrogens (primary N) is 1. The smallest absolute Gasteiger partial charge is 0.303 e. The number of carbonyl (C=O) groups is 2. The Morgan fingerprint density at radius 1 is 0.947 bits per heavy atom. The molecule has 0 aromatic heterocycles. The van der Waals surface area contributed by atoms with E-state index in [4.69, 9.17) is 15.9 Å². The summed E-state index contributed by atoms with van der Waals surface area (Å²) in [5.41, 5.74) is 5.36. The van der Waals surface area contributed by atoms with E-state index in [1.165, 1.54) is 0 Å². The van der Waals surface area contributed by atoms with Crippen LogP contribution in [0.4, 0.5) is 0 Å². The van der Waals surface area contributed by atoms with Crippen molar-refractivity contribution in [3.63, 3.8) is 0 Å². The van der Waals surface area contributed by atoms with Crippen molar-refractivity contribution in [2.45, 2.75) is 46.0 Å². The summed E-state index contributed by atoms with van der Waals surface area (Å²) in [6.07, 6.45) is 2.14. The summed E-state index contributed by atoms with van der Waals surface area (Å²) in [6.45, 7) is 8.63. The first-order valence-corrected chi connectivity index (χ1v) is 6.83. The average molecular weight is 276 g/mol. The summed E-state index contributed by atoms with van der Waals surface area (Å²) in [4.78, 5) is 22.2. The van der Waals surface area contributed by atoms with E-state index in [-0.39, 0.29) is 12.8 Å². The molecule has 0 amide bonds. The number of carboxylic acids is 2. The maximum atomic E-state index is 9.90. The highest BCUT2D eigenvalue weighted by Gasteiger charge is 1.99. The van der Waals surface area contributed by atoms with Crippen LogP contribution in [0.5, 0.6) is 0 Å². The van der Waals surface area contributed by atoms with Gasteiger partial charge in [-0.25, -0.2) is 0 Å². The Bertz CT molecular complexity index is 215. The predicted molar refractivity (Wildman–Crippen MR) is 75.2 cm³/mol. The van der Waals surface area contributed by atoms with Crippen molar-refractivity contribution >= 4 is 11.9 Å². The number of carboxylic acid groups (broad SMARTS) is 2. The summed E-state index contributed by atoms with van der Waals surface area (Å²) in [7, 11) is 0. The fourth-order valence-electron chi connectivity index (χ4n) is 1.41. The molecule has 6 heteroatoms. The van der Waals surface area contributed by atoms with Crippen LogP contribution in [0.2, 0.25) is 0 Å². The van der Waals surface area contributed by atoms with E-state index in [1.807, 2.05) is 0 Å². The highest BCUT2D eigenvalue weighted by molar-refractivity contribution is 5.67. The van der Waals surface area contributed by atoms with Gasteiger partial charge in [-0.1, -0.05) is 13.8 Å². The minimum absolute atomic E-state index is 0.0628. The molecule has 0 heterocycles. The van der Waals surface area contributed by atoms with Crippen molar-refractivity contribution in [2.24, 2.45) is 5.73 Å². The van der Waals surface area contributed by atoms with Gasteiger partial charge in [0.2, 0.25) is 0 Å². The molecule has 0 radical (unpaired) electrons. The van der Waals surface area contributed by atoms with Gasteiger partial charge in [-0.05, 0) is 45.4 Å². The molecular weight excluding hydrogens is 248 g/mol. The fourth-order valence-corrected chi connectivity index (χ4v) is 1.41. The van der Waals surface area contributed by atoms with Gasteiger partial charge in [0, 0.05) is 12.8 Å². The van der Waals surface area contributed by atoms with Gasteiger partial charge in [-0.2, -0.15) is 0 Å². The average Bonchev–Trinajstić information content (AvgIpc) is 2.36. The molecule has 0 spiro atoms. The van der Waals surface area contributed by atoms with Crippen molar-refractivity contribution in [3.05, 3.63) is 0 Å². The first kappa shape index (κ1) is 20.2. The standard InChI is InChI=1S/C7H18N2.C6H10O4/c1-3-9(4-2)7-5-6-8;7-5(8)3-1-2-4-6(9)10/h3-8H2,1-2H3;1-4H2,(H,7,8)(H,9,10). The first-order valence-electron chi connectivity index (χ1n) is 6.83. The van der Waals surface area contributed by atoms with E-state index in [0.717, 1.165) is 32.6 Å². The fraction of sp³-hybridized carbons (Fsp3) is 0.846. The van der Waals surface area contributed by atoms with Crippen molar-refractivity contribution in [1.82, 2.24) is 4.90 Å². The maximum Gasteiger partial charge on any atom is 0.303 e. The van der Waals surface area contributed by atoms with Crippen LogP contribution in [-0.4, -0.2) is 53.2 Å². The van der Waals surface area contributed by atoms with Crippen LogP contribution in [0, 0.1) is 0 Å². The normalized spacial score (nSPS) is 9.89. The zero-order valence-electron chi connectivity index (χ0n) is 12.1. The number of hydrogen-bond donors (Lipinski definition) is 3. The molecule has 4 N–H and O–H groups in total. The van der Waals surface area contributed by atoms with Crippen LogP contribution >= 0.6 is 0 Å². The highest BCUT2D eigenvalue weighted by Crippen LogP contribution is 1.98. The summed E-state index contributed by atoms with van der Waals surface area (Å²) in [6, 6.07) is 0. The number of unbranched alkanes of at least 4 members (excludes halogenated alkanes) is 1. The SMILES string of the molecule is CCN(CC)CCCN.O=C(O)CCCCC(=O)O. The van der Waals surface area contributed by atoms with Crippen molar-refractivity contribution in [1.29, 1.82) is 0 Å². The number of aliphatic carboxylic acids is 2. The lowest BCUT2D eigenvalue weighted by atomic mass is 10.2. The Kier molecular flexibility index (Phi) is 15.8. The highest BCUT2D eigenvalue weighted by atomic mass is 16.4. The quantitative estimate of drug-likeness (QED) is 0.521. The monoisotopic (exact) mass is 276 g/mol. The topological polar surface area (TPSA) is 104 Å². The van der Waals surface area contributed by atoms with Gasteiger partial charge in [0.25, 0.3) is 0 Å². The van der Waals surface area contributed by atoms with Crippen LogP contribution in [0.15, 0.2) is 0 Å². The summed E-state index contributed by atoms with van der Waals surface area (Å²) in [5.74, 6) is -1.74. The van der Waals surface area contributed by atoms with Crippen molar-refractivity contribution < 1.29 is 19.8 Å². The molecule has 0 aromatic carbocycles. The van der Waals surface area contributed by atoms with Crippen LogP contribution in [0.3, 0.4) is 0 Å². The van der Waals surface area contributed by atoms with Gasteiger partial charge >= 0.3 is 11.9 Å². The zero-order chi connectivity index (χ0) is 15.1. The Hall–Kier alpha value is -1.14. The third-order valence-corrected chi connectivity index (χ3v) is 2.60. The second-order valence-electron chi connectivity index (χ2n) is 4.16. The van der Waals surface area contributed by atoms with Crippen LogP contribution in [-0.2, 0) is 9.59 Å². The van der Waals surface area contributed by atoms with E-state index in [1.54, 1.807) is 0 Å². The number of hydrogen-bond acceptors (Lipinski definition) is 4.